The molecule has 0 radical (unpaired) electrons. The van der Waals surface area contributed by atoms with Crippen LogP contribution in [0.25, 0.3) is 0 Å². The van der Waals surface area contributed by atoms with Crippen molar-refractivity contribution in [3.05, 3.63) is 50.4 Å². The van der Waals surface area contributed by atoms with Crippen LogP contribution in [0, 0.1) is 5.82 Å². The van der Waals surface area contributed by atoms with Crippen molar-refractivity contribution in [2.24, 2.45) is 0 Å². The molecule has 0 aliphatic rings. The first kappa shape index (κ1) is 13.1. The van der Waals surface area contributed by atoms with Crippen molar-refractivity contribution in [1.29, 1.82) is 0 Å². The van der Waals surface area contributed by atoms with Gasteiger partial charge in [-0.3, -0.25) is 0 Å². The summed E-state index contributed by atoms with van der Waals surface area (Å²) in [5, 5.41) is 0.578. The molecule has 90 valence electrons. The molecule has 2 aromatic rings. The van der Waals surface area contributed by atoms with Crippen LogP contribution in [-0.4, -0.2) is 0 Å². The van der Waals surface area contributed by atoms with Gasteiger partial charge >= 0.3 is 0 Å². The van der Waals surface area contributed by atoms with Crippen LogP contribution >= 0.6 is 43.2 Å². The molecule has 0 saturated heterocycles. The molecular formula is C12H9Br2FOS. The Morgan fingerprint density at radius 2 is 2.06 bits per heavy atom. The Balaban J connectivity index is 2.08. The van der Waals surface area contributed by atoms with Crippen LogP contribution in [0.5, 0.6) is 5.75 Å². The standard InChI is InChI=1S/C12H9Br2FOS/c13-6-8-5-9(15)1-3-11(8)16-7-10-2-4-12(14)17-10/h1-5H,6-7H2. The zero-order chi connectivity index (χ0) is 12.3. The molecule has 17 heavy (non-hydrogen) atoms. The average molecular weight is 380 g/mol. The van der Waals surface area contributed by atoms with Gasteiger partial charge in [0.1, 0.15) is 18.2 Å². The highest BCUT2D eigenvalue weighted by Crippen LogP contribution is 2.26. The third-order valence-corrected chi connectivity index (χ3v) is 4.37. The van der Waals surface area contributed by atoms with Gasteiger partial charge in [0.15, 0.2) is 0 Å². The Morgan fingerprint density at radius 3 is 2.71 bits per heavy atom. The third-order valence-electron chi connectivity index (χ3n) is 2.17. The largest absolute Gasteiger partial charge is 0.488 e. The second-order valence-corrected chi connectivity index (χ2v) is 6.49. The van der Waals surface area contributed by atoms with Crippen LogP contribution in [0.1, 0.15) is 10.4 Å². The molecule has 0 N–H and O–H groups in total. The van der Waals surface area contributed by atoms with Crippen LogP contribution in [0.15, 0.2) is 34.1 Å². The molecule has 0 saturated carbocycles. The Kier molecular flexibility index (Phi) is 4.59. The average Bonchev–Trinajstić information content (AvgIpc) is 2.73. The summed E-state index contributed by atoms with van der Waals surface area (Å²) in [5.41, 5.74) is 0.820. The molecule has 0 unspecified atom stereocenters. The van der Waals surface area contributed by atoms with Crippen molar-refractivity contribution in [1.82, 2.24) is 0 Å². The second kappa shape index (κ2) is 5.98. The lowest BCUT2D eigenvalue weighted by Crippen LogP contribution is -1.96. The molecule has 5 heteroatoms. The van der Waals surface area contributed by atoms with E-state index in [9.17, 15) is 4.39 Å². The van der Waals surface area contributed by atoms with E-state index in [0.29, 0.717) is 17.7 Å². The zero-order valence-corrected chi connectivity index (χ0v) is 12.7. The minimum absolute atomic E-state index is 0.245. The molecule has 0 bridgehead atoms. The van der Waals surface area contributed by atoms with Crippen LogP contribution in [-0.2, 0) is 11.9 Å². The van der Waals surface area contributed by atoms with Crippen molar-refractivity contribution in [2.75, 3.05) is 0 Å². The van der Waals surface area contributed by atoms with E-state index < -0.39 is 0 Å². The molecule has 1 nitrogen and oxygen atoms in total. The summed E-state index contributed by atoms with van der Waals surface area (Å²) in [5.74, 6) is 0.471. The van der Waals surface area contributed by atoms with Gasteiger partial charge in [-0.05, 0) is 46.3 Å². The topological polar surface area (TPSA) is 9.23 Å². The smallest absolute Gasteiger partial charge is 0.124 e. The molecule has 1 heterocycles. The maximum Gasteiger partial charge on any atom is 0.124 e. The third kappa shape index (κ3) is 3.53. The highest BCUT2D eigenvalue weighted by atomic mass is 79.9. The summed E-state index contributed by atoms with van der Waals surface area (Å²) < 4.78 is 19.8. The monoisotopic (exact) mass is 378 g/mol. The lowest BCUT2D eigenvalue weighted by atomic mass is 10.2. The van der Waals surface area contributed by atoms with Gasteiger partial charge < -0.3 is 4.74 Å². The summed E-state index contributed by atoms with van der Waals surface area (Å²) in [6.45, 7) is 0.502. The molecule has 0 amide bonds. The van der Waals surface area contributed by atoms with Crippen molar-refractivity contribution < 1.29 is 9.13 Å². The van der Waals surface area contributed by atoms with Gasteiger partial charge in [-0.2, -0.15) is 0 Å². The minimum atomic E-state index is -0.245. The van der Waals surface area contributed by atoms with Crippen LogP contribution in [0.2, 0.25) is 0 Å². The number of hydrogen-bond acceptors (Lipinski definition) is 2. The Hall–Kier alpha value is -0.390. The maximum absolute atomic E-state index is 13.0. The van der Waals surface area contributed by atoms with Gasteiger partial charge in [0.25, 0.3) is 0 Å². The number of rotatable bonds is 4. The van der Waals surface area contributed by atoms with Crippen molar-refractivity contribution in [3.8, 4) is 5.75 Å². The van der Waals surface area contributed by atoms with Crippen molar-refractivity contribution >= 4 is 43.2 Å². The number of alkyl halides is 1. The summed E-state index contributed by atoms with van der Waals surface area (Å²) >= 11 is 8.35. The van der Waals surface area contributed by atoms with Gasteiger partial charge in [-0.1, -0.05) is 15.9 Å². The van der Waals surface area contributed by atoms with Gasteiger partial charge in [0.2, 0.25) is 0 Å². The molecule has 1 aromatic carbocycles. The van der Waals surface area contributed by atoms with Crippen LogP contribution in [0.3, 0.4) is 0 Å². The van der Waals surface area contributed by atoms with E-state index in [0.717, 1.165) is 14.2 Å². The Morgan fingerprint density at radius 1 is 1.24 bits per heavy atom. The van der Waals surface area contributed by atoms with Gasteiger partial charge in [0.05, 0.1) is 3.79 Å². The molecule has 0 atom stereocenters. The predicted octanol–water partition coefficient (Wildman–Crippen LogP) is 5.12. The summed E-state index contributed by atoms with van der Waals surface area (Å²) in [6, 6.07) is 8.54. The van der Waals surface area contributed by atoms with Crippen molar-refractivity contribution in [3.63, 3.8) is 0 Å². The predicted molar refractivity (Wildman–Crippen MR) is 75.4 cm³/mol. The van der Waals surface area contributed by atoms with E-state index >= 15 is 0 Å². The first-order chi connectivity index (χ1) is 8.19. The van der Waals surface area contributed by atoms with Gasteiger partial charge in [-0.25, -0.2) is 4.39 Å². The number of halogens is 3. The van der Waals surface area contributed by atoms with E-state index in [1.165, 1.54) is 12.1 Å². The lowest BCUT2D eigenvalue weighted by Gasteiger charge is -2.08. The van der Waals surface area contributed by atoms with Gasteiger partial charge in [-0.15, -0.1) is 11.3 Å². The molecule has 2 rings (SSSR count). The number of thiophene rings is 1. The van der Waals surface area contributed by atoms with E-state index in [-0.39, 0.29) is 5.82 Å². The molecule has 0 spiro atoms. The summed E-state index contributed by atoms with van der Waals surface area (Å²) in [4.78, 5) is 1.13. The quantitative estimate of drug-likeness (QED) is 0.669. The van der Waals surface area contributed by atoms with Crippen molar-refractivity contribution in [2.45, 2.75) is 11.9 Å². The number of ether oxygens (including phenoxy) is 1. The number of hydrogen-bond donors (Lipinski definition) is 0. The SMILES string of the molecule is Fc1ccc(OCc2ccc(Br)s2)c(CBr)c1. The Labute approximate surface area is 120 Å². The van der Waals surface area contributed by atoms with E-state index in [4.69, 9.17) is 4.74 Å². The van der Waals surface area contributed by atoms with E-state index in [1.807, 2.05) is 12.1 Å². The fourth-order valence-electron chi connectivity index (χ4n) is 1.37. The molecular weight excluding hydrogens is 371 g/mol. The summed E-state index contributed by atoms with van der Waals surface area (Å²) in [7, 11) is 0. The fraction of sp³-hybridized carbons (Fsp3) is 0.167. The zero-order valence-electron chi connectivity index (χ0n) is 8.75. The summed E-state index contributed by atoms with van der Waals surface area (Å²) in [6.07, 6.45) is 0. The molecule has 1 aromatic heterocycles. The van der Waals surface area contributed by atoms with Gasteiger partial charge in [0, 0.05) is 15.8 Å². The lowest BCUT2D eigenvalue weighted by molar-refractivity contribution is 0.307. The highest BCUT2D eigenvalue weighted by molar-refractivity contribution is 9.11. The number of benzene rings is 1. The first-order valence-corrected chi connectivity index (χ1v) is 7.63. The normalized spacial score (nSPS) is 10.5. The molecule has 0 fully saturated rings. The highest BCUT2D eigenvalue weighted by Gasteiger charge is 2.05. The Bertz CT molecular complexity index is 513. The molecule has 0 aliphatic carbocycles. The molecule has 0 aliphatic heterocycles. The van der Waals surface area contributed by atoms with E-state index in [1.54, 1.807) is 17.4 Å². The van der Waals surface area contributed by atoms with E-state index in [2.05, 4.69) is 31.9 Å². The van der Waals surface area contributed by atoms with Crippen LogP contribution < -0.4 is 4.74 Å². The first-order valence-electron chi connectivity index (χ1n) is 4.90. The van der Waals surface area contributed by atoms with Crippen LogP contribution in [0.4, 0.5) is 4.39 Å². The second-order valence-electron chi connectivity index (χ2n) is 3.38. The minimum Gasteiger partial charge on any atom is -0.488 e. The fourth-order valence-corrected chi connectivity index (χ4v) is 3.21. The maximum atomic E-state index is 13.0.